The van der Waals surface area contributed by atoms with Gasteiger partial charge in [-0.15, -0.1) is 0 Å². The Morgan fingerprint density at radius 3 is 2.70 bits per heavy atom. The number of ether oxygens (including phenoxy) is 1. The fraction of sp³-hybridized carbons (Fsp3) is 0.312. The molecule has 1 heterocycles. The molecule has 0 aliphatic carbocycles. The van der Waals surface area contributed by atoms with Crippen LogP contribution in [-0.4, -0.2) is 11.6 Å². The van der Waals surface area contributed by atoms with E-state index in [0.717, 1.165) is 23.1 Å². The number of hydrogen-bond acceptors (Lipinski definition) is 3. The Bertz CT molecular complexity index is 566. The maximum atomic E-state index is 13.5. The Hall–Kier alpha value is -1.94. The summed E-state index contributed by atoms with van der Waals surface area (Å²) in [5.41, 5.74) is 8.58. The Morgan fingerprint density at radius 1 is 1.20 bits per heavy atom. The van der Waals surface area contributed by atoms with Crippen LogP contribution in [0.3, 0.4) is 0 Å². The first-order chi connectivity index (χ1) is 9.60. The van der Waals surface area contributed by atoms with Gasteiger partial charge in [0, 0.05) is 6.20 Å². The van der Waals surface area contributed by atoms with Crippen molar-refractivity contribution in [2.75, 3.05) is 6.61 Å². The van der Waals surface area contributed by atoms with E-state index in [0.29, 0.717) is 12.4 Å². The van der Waals surface area contributed by atoms with Gasteiger partial charge in [-0.3, -0.25) is 4.98 Å². The highest BCUT2D eigenvalue weighted by Gasteiger charge is 2.12. The van der Waals surface area contributed by atoms with E-state index in [-0.39, 0.29) is 5.82 Å². The van der Waals surface area contributed by atoms with E-state index in [1.54, 1.807) is 12.4 Å². The highest BCUT2D eigenvalue weighted by atomic mass is 19.1. The lowest BCUT2D eigenvalue weighted by molar-refractivity contribution is 0.315. The number of rotatable bonds is 5. The van der Waals surface area contributed by atoms with Gasteiger partial charge >= 0.3 is 0 Å². The molecule has 0 bridgehead atoms. The third kappa shape index (κ3) is 3.54. The van der Waals surface area contributed by atoms with E-state index in [9.17, 15) is 4.39 Å². The zero-order valence-electron chi connectivity index (χ0n) is 11.8. The Balaban J connectivity index is 2.25. The molecule has 1 aromatic carbocycles. The van der Waals surface area contributed by atoms with E-state index in [1.807, 2.05) is 26.0 Å². The molecule has 0 radical (unpaired) electrons. The van der Waals surface area contributed by atoms with Gasteiger partial charge in [0.25, 0.3) is 0 Å². The molecule has 0 saturated carbocycles. The number of aromatic nitrogens is 1. The predicted molar refractivity (Wildman–Crippen MR) is 77.2 cm³/mol. The molecule has 4 heteroatoms. The van der Waals surface area contributed by atoms with Crippen molar-refractivity contribution in [1.29, 1.82) is 0 Å². The Morgan fingerprint density at radius 2 is 2.00 bits per heavy atom. The van der Waals surface area contributed by atoms with Crippen LogP contribution in [0.1, 0.15) is 36.1 Å². The predicted octanol–water partition coefficient (Wildman–Crippen LogP) is 3.37. The number of benzene rings is 1. The van der Waals surface area contributed by atoms with Crippen LogP contribution < -0.4 is 10.5 Å². The number of nitrogens with zero attached hydrogens (tertiary/aromatic N) is 1. The molecule has 0 amide bonds. The van der Waals surface area contributed by atoms with E-state index >= 15 is 0 Å². The van der Waals surface area contributed by atoms with Crippen LogP contribution in [0.2, 0.25) is 0 Å². The van der Waals surface area contributed by atoms with Crippen molar-refractivity contribution in [1.82, 2.24) is 4.98 Å². The van der Waals surface area contributed by atoms with E-state index in [2.05, 4.69) is 4.98 Å². The monoisotopic (exact) mass is 274 g/mol. The van der Waals surface area contributed by atoms with Gasteiger partial charge in [-0.25, -0.2) is 4.39 Å². The van der Waals surface area contributed by atoms with E-state index < -0.39 is 6.04 Å². The zero-order chi connectivity index (χ0) is 14.5. The summed E-state index contributed by atoms with van der Waals surface area (Å²) in [6.45, 7) is 4.52. The summed E-state index contributed by atoms with van der Waals surface area (Å²) in [7, 11) is 0. The van der Waals surface area contributed by atoms with Crippen molar-refractivity contribution >= 4 is 0 Å². The van der Waals surface area contributed by atoms with Crippen LogP contribution in [-0.2, 0) is 0 Å². The van der Waals surface area contributed by atoms with Crippen LogP contribution in [0.25, 0.3) is 0 Å². The van der Waals surface area contributed by atoms with Gasteiger partial charge in [0.15, 0.2) is 0 Å². The fourth-order valence-electron chi connectivity index (χ4n) is 2.04. The van der Waals surface area contributed by atoms with Gasteiger partial charge in [0.2, 0.25) is 0 Å². The number of pyridine rings is 1. The third-order valence-electron chi connectivity index (χ3n) is 2.99. The van der Waals surface area contributed by atoms with Gasteiger partial charge in [-0.05, 0) is 48.2 Å². The summed E-state index contributed by atoms with van der Waals surface area (Å²) in [6, 6.07) is 6.26. The highest BCUT2D eigenvalue weighted by molar-refractivity contribution is 5.35. The summed E-state index contributed by atoms with van der Waals surface area (Å²) in [6.07, 6.45) is 4.27. The van der Waals surface area contributed by atoms with Crippen molar-refractivity contribution in [2.24, 2.45) is 5.73 Å². The minimum Gasteiger partial charge on any atom is -0.492 e. The summed E-state index contributed by atoms with van der Waals surface area (Å²) < 4.78 is 19.0. The van der Waals surface area contributed by atoms with Gasteiger partial charge in [-0.1, -0.05) is 13.0 Å². The lowest BCUT2D eigenvalue weighted by atomic mass is 9.99. The first-order valence-corrected chi connectivity index (χ1v) is 6.70. The summed E-state index contributed by atoms with van der Waals surface area (Å²) in [4.78, 5) is 4.13. The van der Waals surface area contributed by atoms with Crippen molar-refractivity contribution < 1.29 is 9.13 Å². The molecule has 2 aromatic rings. The molecule has 0 spiro atoms. The van der Waals surface area contributed by atoms with Gasteiger partial charge < -0.3 is 10.5 Å². The molecule has 0 saturated heterocycles. The average molecular weight is 274 g/mol. The number of hydrogen-bond donors (Lipinski definition) is 1. The third-order valence-corrected chi connectivity index (χ3v) is 2.99. The van der Waals surface area contributed by atoms with Crippen LogP contribution in [0.15, 0.2) is 36.7 Å². The molecule has 3 nitrogen and oxygen atoms in total. The van der Waals surface area contributed by atoms with Crippen LogP contribution in [0.4, 0.5) is 4.39 Å². The fourth-order valence-corrected chi connectivity index (χ4v) is 2.04. The smallest absolute Gasteiger partial charge is 0.137 e. The SMILES string of the molecule is CCCOc1cncc(C(N)c2cc(C)cc(F)c2)c1. The van der Waals surface area contributed by atoms with Crippen molar-refractivity contribution in [2.45, 2.75) is 26.3 Å². The minimum atomic E-state index is -0.415. The maximum Gasteiger partial charge on any atom is 0.137 e. The molecule has 2 N–H and O–H groups in total. The number of nitrogens with two attached hydrogens (primary N) is 1. The van der Waals surface area contributed by atoms with Gasteiger partial charge in [0.1, 0.15) is 11.6 Å². The molecular weight excluding hydrogens is 255 g/mol. The maximum absolute atomic E-state index is 13.5. The topological polar surface area (TPSA) is 48.1 Å². The molecule has 1 aromatic heterocycles. The largest absolute Gasteiger partial charge is 0.492 e. The average Bonchev–Trinajstić information content (AvgIpc) is 2.43. The number of halogens is 1. The van der Waals surface area contributed by atoms with Gasteiger partial charge in [-0.2, -0.15) is 0 Å². The van der Waals surface area contributed by atoms with Crippen molar-refractivity contribution in [3.8, 4) is 5.75 Å². The summed E-state index contributed by atoms with van der Waals surface area (Å²) >= 11 is 0. The molecule has 1 unspecified atom stereocenters. The van der Waals surface area contributed by atoms with Gasteiger partial charge in [0.05, 0.1) is 18.8 Å². The number of aryl methyl sites for hydroxylation is 1. The first-order valence-electron chi connectivity index (χ1n) is 6.70. The molecule has 1 atom stereocenters. The molecule has 20 heavy (non-hydrogen) atoms. The molecule has 106 valence electrons. The molecule has 0 aliphatic heterocycles. The van der Waals surface area contributed by atoms with Crippen molar-refractivity contribution in [3.63, 3.8) is 0 Å². The first kappa shape index (κ1) is 14.5. The van der Waals surface area contributed by atoms with Crippen molar-refractivity contribution in [3.05, 3.63) is 59.2 Å². The van der Waals surface area contributed by atoms with E-state index in [4.69, 9.17) is 10.5 Å². The normalized spacial score (nSPS) is 12.2. The lowest BCUT2D eigenvalue weighted by Crippen LogP contribution is -2.13. The minimum absolute atomic E-state index is 0.276. The van der Waals surface area contributed by atoms with Crippen LogP contribution in [0, 0.1) is 12.7 Å². The molecule has 2 rings (SSSR count). The Kier molecular flexibility index (Phi) is 4.69. The second-order valence-electron chi connectivity index (χ2n) is 4.84. The zero-order valence-corrected chi connectivity index (χ0v) is 11.8. The highest BCUT2D eigenvalue weighted by Crippen LogP contribution is 2.23. The second-order valence-corrected chi connectivity index (χ2v) is 4.84. The molecule has 0 aliphatic rings. The second kappa shape index (κ2) is 6.48. The molecule has 0 fully saturated rings. The van der Waals surface area contributed by atoms with Crippen LogP contribution >= 0.6 is 0 Å². The molecular formula is C16H19FN2O. The van der Waals surface area contributed by atoms with E-state index in [1.165, 1.54) is 12.1 Å². The summed E-state index contributed by atoms with van der Waals surface area (Å²) in [5.74, 6) is 0.412. The standard InChI is InChI=1S/C16H19FN2O/c1-3-4-20-15-8-13(9-19-10-15)16(18)12-5-11(2)6-14(17)7-12/h5-10,16H,3-4,18H2,1-2H3. The quantitative estimate of drug-likeness (QED) is 0.909. The van der Waals surface area contributed by atoms with Crippen LogP contribution in [0.5, 0.6) is 5.75 Å². The Labute approximate surface area is 118 Å². The summed E-state index contributed by atoms with van der Waals surface area (Å²) in [5, 5.41) is 0. The lowest BCUT2D eigenvalue weighted by Gasteiger charge is -2.14.